The predicted molar refractivity (Wildman–Crippen MR) is 43.5 cm³/mol. The minimum atomic E-state index is 0.664. The number of hydrogen-bond donors (Lipinski definition) is 0. The van der Waals surface area contributed by atoms with E-state index in [0.29, 0.717) is 5.92 Å². The molecule has 0 radical (unpaired) electrons. The highest BCUT2D eigenvalue weighted by atomic mass is 15.3. The van der Waals surface area contributed by atoms with Gasteiger partial charge >= 0.3 is 0 Å². The van der Waals surface area contributed by atoms with Crippen molar-refractivity contribution in [1.82, 2.24) is 4.90 Å². The van der Waals surface area contributed by atoms with E-state index in [2.05, 4.69) is 37.4 Å². The Morgan fingerprint density at radius 1 is 1.50 bits per heavy atom. The van der Waals surface area contributed by atoms with E-state index in [0.717, 1.165) is 0 Å². The third-order valence-corrected chi connectivity index (χ3v) is 2.07. The molecule has 0 unspecified atom stereocenters. The zero-order valence-electron chi connectivity index (χ0n) is 7.39. The molecule has 0 aromatic heterocycles. The molecule has 0 spiro atoms. The van der Waals surface area contributed by atoms with E-state index in [9.17, 15) is 0 Å². The summed E-state index contributed by atoms with van der Waals surface area (Å²) in [6, 6.07) is 0. The lowest BCUT2D eigenvalue weighted by atomic mass is 10.2. The van der Waals surface area contributed by atoms with Crippen molar-refractivity contribution in [2.75, 3.05) is 27.2 Å². The van der Waals surface area contributed by atoms with Crippen LogP contribution in [0, 0.1) is 5.92 Å². The van der Waals surface area contributed by atoms with E-state index >= 15 is 0 Å². The van der Waals surface area contributed by atoms with Gasteiger partial charge < -0.3 is 0 Å². The SMILES string of the molecule is CC(C)C1=[N+](C)CCN1C. The molecule has 0 aromatic rings. The lowest BCUT2D eigenvalue weighted by Crippen LogP contribution is -2.29. The molecule has 1 aliphatic rings. The molecule has 1 rings (SSSR count). The molecule has 0 bridgehead atoms. The molecule has 1 aliphatic heterocycles. The Labute approximate surface area is 63.2 Å². The van der Waals surface area contributed by atoms with Gasteiger partial charge in [0.1, 0.15) is 13.1 Å². The Balaban J connectivity index is 2.78. The fourth-order valence-electron chi connectivity index (χ4n) is 1.70. The third kappa shape index (κ3) is 1.15. The average Bonchev–Trinajstić information content (AvgIpc) is 2.11. The standard InChI is InChI=1S/C8H17N2/c1-7(2)8-9(3)5-6-10(8)4/h7H,5-6H2,1-4H3/q+1. The average molecular weight is 141 g/mol. The second kappa shape index (κ2) is 2.60. The molecule has 0 N–H and O–H groups in total. The highest BCUT2D eigenvalue weighted by molar-refractivity contribution is 5.79. The van der Waals surface area contributed by atoms with Crippen molar-refractivity contribution >= 4 is 5.84 Å². The Morgan fingerprint density at radius 2 is 2.10 bits per heavy atom. The first kappa shape index (κ1) is 7.58. The van der Waals surface area contributed by atoms with Gasteiger partial charge in [-0.25, -0.2) is 0 Å². The lowest BCUT2D eigenvalue weighted by Gasteiger charge is -2.09. The summed E-state index contributed by atoms with van der Waals surface area (Å²) in [6.07, 6.45) is 0. The van der Waals surface area contributed by atoms with E-state index in [4.69, 9.17) is 0 Å². The maximum absolute atomic E-state index is 2.34. The summed E-state index contributed by atoms with van der Waals surface area (Å²) in [6.45, 7) is 6.86. The maximum atomic E-state index is 2.34. The molecule has 0 aliphatic carbocycles. The Kier molecular flexibility index (Phi) is 1.97. The van der Waals surface area contributed by atoms with E-state index in [1.165, 1.54) is 18.9 Å². The first-order valence-electron chi connectivity index (χ1n) is 3.92. The van der Waals surface area contributed by atoms with Crippen molar-refractivity contribution < 1.29 is 4.58 Å². The van der Waals surface area contributed by atoms with Gasteiger partial charge in [0.15, 0.2) is 0 Å². The first-order valence-corrected chi connectivity index (χ1v) is 3.92. The van der Waals surface area contributed by atoms with Crippen LogP contribution in [-0.2, 0) is 0 Å². The van der Waals surface area contributed by atoms with Gasteiger partial charge in [-0.15, -0.1) is 0 Å². The van der Waals surface area contributed by atoms with Crippen LogP contribution in [0.5, 0.6) is 0 Å². The molecule has 10 heavy (non-hydrogen) atoms. The van der Waals surface area contributed by atoms with Crippen LogP contribution in [0.25, 0.3) is 0 Å². The van der Waals surface area contributed by atoms with E-state index in [-0.39, 0.29) is 0 Å². The van der Waals surface area contributed by atoms with E-state index in [1.807, 2.05) is 0 Å². The highest BCUT2D eigenvalue weighted by Gasteiger charge is 2.26. The smallest absolute Gasteiger partial charge is 0.249 e. The second-order valence-corrected chi connectivity index (χ2v) is 3.36. The fraction of sp³-hybridized carbons (Fsp3) is 0.875. The van der Waals surface area contributed by atoms with Crippen molar-refractivity contribution in [2.24, 2.45) is 5.92 Å². The molecule has 2 nitrogen and oxygen atoms in total. The van der Waals surface area contributed by atoms with Gasteiger partial charge in [0.2, 0.25) is 5.84 Å². The van der Waals surface area contributed by atoms with Crippen molar-refractivity contribution in [1.29, 1.82) is 0 Å². The van der Waals surface area contributed by atoms with Gasteiger partial charge in [-0.1, -0.05) is 13.8 Å². The summed E-state index contributed by atoms with van der Waals surface area (Å²) in [5, 5.41) is 0. The van der Waals surface area contributed by atoms with Crippen LogP contribution < -0.4 is 0 Å². The summed E-state index contributed by atoms with van der Waals surface area (Å²) >= 11 is 0. The number of rotatable bonds is 1. The van der Waals surface area contributed by atoms with Gasteiger partial charge in [0, 0.05) is 0 Å². The first-order chi connectivity index (χ1) is 4.63. The Morgan fingerprint density at radius 3 is 2.30 bits per heavy atom. The predicted octanol–water partition coefficient (Wildman–Crippen LogP) is 0.629. The van der Waals surface area contributed by atoms with Crippen LogP contribution in [0.15, 0.2) is 0 Å². The van der Waals surface area contributed by atoms with Gasteiger partial charge in [0.25, 0.3) is 0 Å². The molecular weight excluding hydrogens is 124 g/mol. The summed E-state index contributed by atoms with van der Waals surface area (Å²) in [5.74, 6) is 2.14. The van der Waals surface area contributed by atoms with Gasteiger partial charge in [-0.05, 0) is 0 Å². The largest absolute Gasteiger partial charge is 0.264 e. The molecule has 58 valence electrons. The van der Waals surface area contributed by atoms with E-state index < -0.39 is 0 Å². The number of nitrogens with zero attached hydrogens (tertiary/aromatic N) is 2. The zero-order valence-corrected chi connectivity index (χ0v) is 7.39. The Bertz CT molecular complexity index is 159. The maximum Gasteiger partial charge on any atom is 0.249 e. The molecule has 0 fully saturated rings. The molecule has 0 saturated heterocycles. The number of hydrogen-bond acceptors (Lipinski definition) is 1. The van der Waals surface area contributed by atoms with Crippen LogP contribution in [0.1, 0.15) is 13.8 Å². The molecule has 0 amide bonds. The summed E-state index contributed by atoms with van der Waals surface area (Å²) < 4.78 is 2.34. The molecule has 0 aromatic carbocycles. The molecule has 0 saturated carbocycles. The van der Waals surface area contributed by atoms with Gasteiger partial charge in [-0.3, -0.25) is 9.48 Å². The lowest BCUT2D eigenvalue weighted by molar-refractivity contribution is -0.488. The van der Waals surface area contributed by atoms with Crippen LogP contribution in [0.2, 0.25) is 0 Å². The van der Waals surface area contributed by atoms with Gasteiger partial charge in [0.05, 0.1) is 20.0 Å². The van der Waals surface area contributed by atoms with Gasteiger partial charge in [-0.2, -0.15) is 0 Å². The Hall–Kier alpha value is -0.530. The fourth-order valence-corrected chi connectivity index (χ4v) is 1.70. The van der Waals surface area contributed by atoms with Crippen molar-refractivity contribution in [2.45, 2.75) is 13.8 Å². The summed E-state index contributed by atoms with van der Waals surface area (Å²) in [5.41, 5.74) is 0. The van der Waals surface area contributed by atoms with Crippen LogP contribution in [-0.4, -0.2) is 42.5 Å². The topological polar surface area (TPSA) is 6.25 Å². The molecule has 0 atom stereocenters. The van der Waals surface area contributed by atoms with E-state index in [1.54, 1.807) is 0 Å². The summed E-state index contributed by atoms with van der Waals surface area (Å²) in [4.78, 5) is 2.34. The van der Waals surface area contributed by atoms with Crippen LogP contribution >= 0.6 is 0 Å². The number of amidine groups is 1. The minimum Gasteiger partial charge on any atom is -0.264 e. The van der Waals surface area contributed by atoms with Crippen LogP contribution in [0.3, 0.4) is 0 Å². The number of likely N-dealkylation sites (N-methyl/N-ethyl adjacent to an activating group) is 2. The minimum absolute atomic E-state index is 0.664. The molecule has 2 heteroatoms. The second-order valence-electron chi connectivity index (χ2n) is 3.36. The highest BCUT2D eigenvalue weighted by Crippen LogP contribution is 2.05. The molecule has 1 heterocycles. The van der Waals surface area contributed by atoms with Crippen molar-refractivity contribution in [3.8, 4) is 0 Å². The zero-order chi connectivity index (χ0) is 7.72. The monoisotopic (exact) mass is 141 g/mol. The van der Waals surface area contributed by atoms with Crippen molar-refractivity contribution in [3.63, 3.8) is 0 Å². The van der Waals surface area contributed by atoms with Crippen LogP contribution in [0.4, 0.5) is 0 Å². The third-order valence-electron chi connectivity index (χ3n) is 2.07. The molecular formula is C8H17N2+. The summed E-state index contributed by atoms with van der Waals surface area (Å²) in [7, 11) is 4.33. The quantitative estimate of drug-likeness (QED) is 0.485. The normalized spacial score (nSPS) is 19.5. The van der Waals surface area contributed by atoms with Crippen molar-refractivity contribution in [3.05, 3.63) is 0 Å².